The number of nitrogens with zero attached hydrogens (tertiary/aromatic N) is 1. The fraction of sp³-hybridized carbons (Fsp3) is 0.308. The normalized spacial score (nSPS) is 13.4. The van der Waals surface area contributed by atoms with Gasteiger partial charge in [0, 0.05) is 23.3 Å². The molecule has 0 saturated heterocycles. The van der Waals surface area contributed by atoms with E-state index in [1.165, 1.54) is 4.88 Å². The number of halogens is 1. The average molecular weight is 325 g/mol. The van der Waals surface area contributed by atoms with Crippen LogP contribution < -0.4 is 10.5 Å². The lowest BCUT2D eigenvalue weighted by Crippen LogP contribution is -2.02. The minimum atomic E-state index is 0.647. The summed E-state index contributed by atoms with van der Waals surface area (Å²) in [6, 6.07) is 6.08. The molecule has 1 aromatic heterocycles. The first-order valence-electron chi connectivity index (χ1n) is 5.90. The molecule has 0 atom stereocenters. The largest absolute Gasteiger partial charge is 0.491 e. The van der Waals surface area contributed by atoms with Gasteiger partial charge in [-0.3, -0.25) is 0 Å². The molecule has 1 aromatic carbocycles. The van der Waals surface area contributed by atoms with Crippen molar-refractivity contribution < 1.29 is 4.74 Å². The van der Waals surface area contributed by atoms with Crippen LogP contribution in [0.15, 0.2) is 22.7 Å². The van der Waals surface area contributed by atoms with E-state index in [4.69, 9.17) is 15.5 Å². The van der Waals surface area contributed by atoms with Crippen molar-refractivity contribution in [1.82, 2.24) is 4.98 Å². The van der Waals surface area contributed by atoms with E-state index >= 15 is 0 Å². The molecule has 0 radical (unpaired) electrons. The number of para-hydroxylation sites is 1. The summed E-state index contributed by atoms with van der Waals surface area (Å²) >= 11 is 5.29. The molecule has 0 amide bonds. The van der Waals surface area contributed by atoms with E-state index in [1.54, 1.807) is 11.3 Å². The number of hydrogen-bond acceptors (Lipinski definition) is 4. The van der Waals surface area contributed by atoms with Crippen LogP contribution in [0.1, 0.15) is 9.88 Å². The highest BCUT2D eigenvalue weighted by molar-refractivity contribution is 9.10. The van der Waals surface area contributed by atoms with Crippen molar-refractivity contribution in [2.24, 2.45) is 5.73 Å². The van der Waals surface area contributed by atoms with Gasteiger partial charge in [0.2, 0.25) is 0 Å². The Morgan fingerprint density at radius 1 is 1.44 bits per heavy atom. The number of aromatic nitrogens is 1. The highest BCUT2D eigenvalue weighted by Crippen LogP contribution is 2.41. The molecule has 3 nitrogen and oxygen atoms in total. The van der Waals surface area contributed by atoms with Crippen LogP contribution >= 0.6 is 27.3 Å². The molecular weight excluding hydrogens is 312 g/mol. The molecule has 0 spiro atoms. The summed E-state index contributed by atoms with van der Waals surface area (Å²) in [5.74, 6) is 0.904. The Morgan fingerprint density at radius 2 is 2.33 bits per heavy atom. The van der Waals surface area contributed by atoms with Crippen LogP contribution in [0, 0.1) is 0 Å². The van der Waals surface area contributed by atoms with Crippen molar-refractivity contribution in [2.75, 3.05) is 13.2 Å². The predicted molar refractivity (Wildman–Crippen MR) is 77.2 cm³/mol. The zero-order valence-electron chi connectivity index (χ0n) is 9.78. The summed E-state index contributed by atoms with van der Waals surface area (Å²) in [5, 5.41) is 1.12. The van der Waals surface area contributed by atoms with E-state index in [-0.39, 0.29) is 0 Å². The van der Waals surface area contributed by atoms with Gasteiger partial charge >= 0.3 is 0 Å². The molecule has 3 rings (SSSR count). The maximum atomic E-state index is 5.81. The van der Waals surface area contributed by atoms with Crippen LogP contribution in [-0.2, 0) is 12.8 Å². The van der Waals surface area contributed by atoms with Gasteiger partial charge in [-0.05, 0) is 34.6 Å². The van der Waals surface area contributed by atoms with Crippen LogP contribution in [-0.4, -0.2) is 18.1 Å². The van der Waals surface area contributed by atoms with Crippen molar-refractivity contribution in [3.8, 4) is 17.0 Å². The first-order valence-corrected chi connectivity index (χ1v) is 7.51. The first-order chi connectivity index (χ1) is 8.79. The fourth-order valence-electron chi connectivity index (χ4n) is 2.10. The molecule has 0 saturated carbocycles. The first kappa shape index (κ1) is 12.1. The molecular formula is C13H13BrN2OS. The molecule has 0 aliphatic carbocycles. The molecule has 2 heterocycles. The van der Waals surface area contributed by atoms with Crippen LogP contribution in [0.5, 0.6) is 5.75 Å². The quantitative estimate of drug-likeness (QED) is 0.923. The van der Waals surface area contributed by atoms with Gasteiger partial charge in [0.05, 0.1) is 21.8 Å². The topological polar surface area (TPSA) is 48.1 Å². The second-order valence-electron chi connectivity index (χ2n) is 4.13. The molecule has 0 unspecified atom stereocenters. The number of hydrogen-bond donors (Lipinski definition) is 1. The maximum absolute atomic E-state index is 5.81. The van der Waals surface area contributed by atoms with Gasteiger partial charge in [-0.2, -0.15) is 0 Å². The van der Waals surface area contributed by atoms with Gasteiger partial charge in [0.1, 0.15) is 5.75 Å². The summed E-state index contributed by atoms with van der Waals surface area (Å²) < 4.78 is 6.80. The highest BCUT2D eigenvalue weighted by atomic mass is 79.9. The Balaban J connectivity index is 2.14. The fourth-order valence-corrected chi connectivity index (χ4v) is 3.66. The third-order valence-corrected chi connectivity index (χ3v) is 4.70. The standard InChI is InChI=1S/C13H13BrN2OS/c14-9-3-1-2-8-12-10(5-7-17-13(8)9)18-11(16-12)4-6-15/h1-3H,4-7,15H2. The van der Waals surface area contributed by atoms with Crippen molar-refractivity contribution in [2.45, 2.75) is 12.8 Å². The highest BCUT2D eigenvalue weighted by Gasteiger charge is 2.21. The molecule has 18 heavy (non-hydrogen) atoms. The molecule has 5 heteroatoms. The van der Waals surface area contributed by atoms with E-state index in [9.17, 15) is 0 Å². The van der Waals surface area contributed by atoms with Crippen molar-refractivity contribution in [3.05, 3.63) is 32.6 Å². The van der Waals surface area contributed by atoms with Crippen LogP contribution in [0.3, 0.4) is 0 Å². The Labute approximate surface area is 118 Å². The molecule has 1 aliphatic rings. The Kier molecular flexibility index (Phi) is 3.37. The SMILES string of the molecule is NCCc1nc2c(s1)CCOc1c(Br)cccc1-2. The monoisotopic (exact) mass is 324 g/mol. The predicted octanol–water partition coefficient (Wildman–Crippen LogP) is 3.01. The molecule has 0 bridgehead atoms. The number of fused-ring (bicyclic) bond motifs is 3. The second-order valence-corrected chi connectivity index (χ2v) is 6.16. The minimum Gasteiger partial charge on any atom is -0.491 e. The van der Waals surface area contributed by atoms with Gasteiger partial charge in [0.15, 0.2) is 0 Å². The second kappa shape index (κ2) is 4.99. The van der Waals surface area contributed by atoms with Gasteiger partial charge < -0.3 is 10.5 Å². The Bertz CT molecular complexity index is 582. The zero-order chi connectivity index (χ0) is 12.5. The van der Waals surface area contributed by atoms with Crippen LogP contribution in [0.25, 0.3) is 11.3 Å². The van der Waals surface area contributed by atoms with Gasteiger partial charge in [-0.15, -0.1) is 11.3 Å². The van der Waals surface area contributed by atoms with Crippen LogP contribution in [0.4, 0.5) is 0 Å². The zero-order valence-corrected chi connectivity index (χ0v) is 12.2. The van der Waals surface area contributed by atoms with E-state index in [0.29, 0.717) is 13.2 Å². The third-order valence-electron chi connectivity index (χ3n) is 2.90. The van der Waals surface area contributed by atoms with Crippen molar-refractivity contribution in [1.29, 1.82) is 0 Å². The Hall–Kier alpha value is -0.910. The number of thiazole rings is 1. The summed E-state index contributed by atoms with van der Waals surface area (Å²) in [5.41, 5.74) is 7.75. The van der Waals surface area contributed by atoms with Gasteiger partial charge in [0.25, 0.3) is 0 Å². The number of ether oxygens (including phenoxy) is 1. The smallest absolute Gasteiger partial charge is 0.142 e. The number of rotatable bonds is 2. The van der Waals surface area contributed by atoms with Crippen molar-refractivity contribution in [3.63, 3.8) is 0 Å². The van der Waals surface area contributed by atoms with Crippen molar-refractivity contribution >= 4 is 27.3 Å². The van der Waals surface area contributed by atoms with E-state index in [0.717, 1.165) is 39.3 Å². The molecule has 2 N–H and O–H groups in total. The summed E-state index contributed by atoms with van der Waals surface area (Å²) in [4.78, 5) is 6.02. The average Bonchev–Trinajstić information content (AvgIpc) is 2.67. The van der Waals surface area contributed by atoms with Gasteiger partial charge in [-0.25, -0.2) is 4.98 Å². The molecule has 0 fully saturated rings. The molecule has 1 aliphatic heterocycles. The molecule has 94 valence electrons. The Morgan fingerprint density at radius 3 is 3.17 bits per heavy atom. The lowest BCUT2D eigenvalue weighted by molar-refractivity contribution is 0.325. The maximum Gasteiger partial charge on any atom is 0.142 e. The molecule has 2 aromatic rings. The lowest BCUT2D eigenvalue weighted by Gasteiger charge is -2.08. The van der Waals surface area contributed by atoms with E-state index in [1.807, 2.05) is 12.1 Å². The number of benzene rings is 1. The van der Waals surface area contributed by atoms with Crippen LogP contribution in [0.2, 0.25) is 0 Å². The summed E-state index contributed by atoms with van der Waals surface area (Å²) in [7, 11) is 0. The van der Waals surface area contributed by atoms with E-state index < -0.39 is 0 Å². The number of nitrogens with two attached hydrogens (primary N) is 1. The third kappa shape index (κ3) is 2.06. The van der Waals surface area contributed by atoms with Gasteiger partial charge in [-0.1, -0.05) is 6.07 Å². The van der Waals surface area contributed by atoms with E-state index in [2.05, 4.69) is 22.0 Å². The summed E-state index contributed by atoms with van der Waals surface area (Å²) in [6.45, 7) is 1.35. The lowest BCUT2D eigenvalue weighted by atomic mass is 10.1. The summed E-state index contributed by atoms with van der Waals surface area (Å²) in [6.07, 6.45) is 1.76. The minimum absolute atomic E-state index is 0.647.